The van der Waals surface area contributed by atoms with Crippen LogP contribution < -0.4 is 16.0 Å². The maximum atomic E-state index is 12.9. The number of allylic oxidation sites excluding steroid dienone is 1. The Kier molecular flexibility index (Phi) is 6.06. The second-order valence-electron chi connectivity index (χ2n) is 7.16. The molecule has 0 aliphatic carbocycles. The number of fused-ring (bicyclic) bond motifs is 3. The number of para-hydroxylation sites is 1. The van der Waals surface area contributed by atoms with E-state index in [-0.39, 0.29) is 22.9 Å². The number of rotatable bonds is 7. The fourth-order valence-electron chi connectivity index (χ4n) is 3.29. The number of nitrogens with zero attached hydrogens (tertiary/aromatic N) is 4. The maximum Gasteiger partial charge on any atom is 0.263 e. The summed E-state index contributed by atoms with van der Waals surface area (Å²) in [6.07, 6.45) is 1.61. The summed E-state index contributed by atoms with van der Waals surface area (Å²) in [5.41, 5.74) is 0.864. The van der Waals surface area contributed by atoms with Crippen LogP contribution in [0.5, 0.6) is 0 Å². The highest BCUT2D eigenvalue weighted by Crippen LogP contribution is 2.26. The Balaban J connectivity index is 1.64. The number of amides is 1. The maximum absolute atomic E-state index is 12.9. The van der Waals surface area contributed by atoms with Crippen LogP contribution in [0.15, 0.2) is 76.0 Å². The highest BCUT2D eigenvalue weighted by molar-refractivity contribution is 8.00. The van der Waals surface area contributed by atoms with Crippen LogP contribution in [0.1, 0.15) is 6.92 Å². The van der Waals surface area contributed by atoms with Crippen molar-refractivity contribution in [2.45, 2.75) is 28.8 Å². The molecule has 0 saturated carbocycles. The van der Waals surface area contributed by atoms with Gasteiger partial charge in [-0.2, -0.15) is 0 Å². The molecule has 10 nitrogen and oxygen atoms in total. The molecule has 2 aromatic heterocycles. The first-order chi connectivity index (χ1) is 15.7. The molecule has 2 aromatic carbocycles. The van der Waals surface area contributed by atoms with Crippen molar-refractivity contribution in [1.29, 1.82) is 0 Å². The molecule has 3 N–H and O–H groups in total. The summed E-state index contributed by atoms with van der Waals surface area (Å²) in [4.78, 5) is 25.6. The first-order valence-corrected chi connectivity index (χ1v) is 12.2. The van der Waals surface area contributed by atoms with Crippen LogP contribution in [0, 0.1) is 0 Å². The average Bonchev–Trinajstić information content (AvgIpc) is 3.20. The first kappa shape index (κ1) is 22.7. The van der Waals surface area contributed by atoms with Gasteiger partial charge < -0.3 is 5.32 Å². The van der Waals surface area contributed by atoms with Crippen molar-refractivity contribution < 1.29 is 13.2 Å². The zero-order valence-electron chi connectivity index (χ0n) is 17.5. The summed E-state index contributed by atoms with van der Waals surface area (Å²) in [5, 5.41) is 16.6. The fraction of sp³-hybridized carbons (Fsp3) is 0.143. The molecule has 0 aliphatic heterocycles. The summed E-state index contributed by atoms with van der Waals surface area (Å²) in [6.45, 7) is 5.68. The quantitative estimate of drug-likeness (QED) is 0.302. The summed E-state index contributed by atoms with van der Waals surface area (Å²) in [7, 11) is -3.81. The van der Waals surface area contributed by atoms with E-state index in [2.05, 4.69) is 22.1 Å². The highest BCUT2D eigenvalue weighted by atomic mass is 32.2. The predicted octanol–water partition coefficient (Wildman–Crippen LogP) is 2.00. The standard InChI is InChI=1S/C21H20N6O4S2/c1-3-12-26-19(29)16-6-4-5-7-17(16)27-20(26)24-25-21(27)32-13(2)18(28)23-14-8-10-15(11-9-14)33(22,30)31/h3-11,13H,1,12H2,2H3,(H,23,28)(H2,22,30,31). The third kappa shape index (κ3) is 4.40. The molecule has 2 heterocycles. The van der Waals surface area contributed by atoms with Gasteiger partial charge in [0, 0.05) is 12.2 Å². The third-order valence-corrected chi connectivity index (χ3v) is 6.86. The fourth-order valence-corrected chi connectivity index (χ4v) is 4.66. The molecule has 1 unspecified atom stereocenters. The van der Waals surface area contributed by atoms with Gasteiger partial charge in [0.05, 0.1) is 21.0 Å². The van der Waals surface area contributed by atoms with Gasteiger partial charge in [-0.25, -0.2) is 13.6 Å². The molecular formula is C21H20N6O4S2. The largest absolute Gasteiger partial charge is 0.325 e. The minimum Gasteiger partial charge on any atom is -0.325 e. The first-order valence-electron chi connectivity index (χ1n) is 9.78. The van der Waals surface area contributed by atoms with Crippen molar-refractivity contribution >= 4 is 50.1 Å². The van der Waals surface area contributed by atoms with Gasteiger partial charge >= 0.3 is 0 Å². The zero-order valence-corrected chi connectivity index (χ0v) is 19.1. The molecule has 0 fully saturated rings. The number of anilines is 1. The highest BCUT2D eigenvalue weighted by Gasteiger charge is 2.21. The van der Waals surface area contributed by atoms with E-state index >= 15 is 0 Å². The van der Waals surface area contributed by atoms with E-state index < -0.39 is 15.3 Å². The number of nitrogens with one attached hydrogen (secondary N) is 1. The van der Waals surface area contributed by atoms with Crippen molar-refractivity contribution in [2.24, 2.45) is 5.14 Å². The molecule has 4 aromatic rings. The zero-order chi connectivity index (χ0) is 23.8. The number of sulfonamides is 1. The Bertz CT molecular complexity index is 1540. The Morgan fingerprint density at radius 1 is 1.21 bits per heavy atom. The van der Waals surface area contributed by atoms with Crippen LogP contribution in [0.3, 0.4) is 0 Å². The molecule has 0 radical (unpaired) electrons. The van der Waals surface area contributed by atoms with E-state index in [0.717, 1.165) is 0 Å². The van der Waals surface area contributed by atoms with Crippen molar-refractivity contribution in [3.05, 3.63) is 71.5 Å². The Morgan fingerprint density at radius 2 is 1.91 bits per heavy atom. The van der Waals surface area contributed by atoms with E-state index in [0.29, 0.717) is 27.5 Å². The number of benzene rings is 2. The number of thioether (sulfide) groups is 1. The van der Waals surface area contributed by atoms with Crippen LogP contribution in [0.4, 0.5) is 5.69 Å². The van der Waals surface area contributed by atoms with E-state index in [1.165, 1.54) is 40.6 Å². The van der Waals surface area contributed by atoms with Gasteiger partial charge in [0.1, 0.15) is 0 Å². The van der Waals surface area contributed by atoms with Gasteiger partial charge in [0.25, 0.3) is 5.56 Å². The van der Waals surface area contributed by atoms with Gasteiger partial charge in [0.2, 0.25) is 21.7 Å². The summed E-state index contributed by atoms with van der Waals surface area (Å²) in [6, 6.07) is 12.7. The number of carbonyl (C=O) groups is 1. The topological polar surface area (TPSA) is 141 Å². The lowest BCUT2D eigenvalue weighted by Gasteiger charge is -2.13. The van der Waals surface area contributed by atoms with Crippen molar-refractivity contribution in [1.82, 2.24) is 19.2 Å². The molecule has 1 amide bonds. The Morgan fingerprint density at radius 3 is 2.58 bits per heavy atom. The lowest BCUT2D eigenvalue weighted by molar-refractivity contribution is -0.115. The lowest BCUT2D eigenvalue weighted by atomic mass is 10.2. The molecule has 0 bridgehead atoms. The molecule has 170 valence electrons. The molecule has 33 heavy (non-hydrogen) atoms. The SMILES string of the molecule is C=CCn1c(=O)c2ccccc2n2c(SC(C)C(=O)Nc3ccc(S(N)(=O)=O)cc3)nnc12. The minimum absolute atomic E-state index is 0.0460. The van der Waals surface area contributed by atoms with Gasteiger partial charge in [-0.1, -0.05) is 30.0 Å². The van der Waals surface area contributed by atoms with Crippen LogP contribution >= 0.6 is 11.8 Å². The third-order valence-electron chi connectivity index (χ3n) is 4.89. The molecule has 0 spiro atoms. The molecule has 0 saturated heterocycles. The Labute approximate surface area is 193 Å². The number of hydrogen-bond donors (Lipinski definition) is 2. The van der Waals surface area contributed by atoms with Crippen molar-refractivity contribution in [2.75, 3.05) is 5.32 Å². The van der Waals surface area contributed by atoms with Gasteiger partial charge in [0.15, 0.2) is 5.16 Å². The van der Waals surface area contributed by atoms with E-state index in [1.54, 1.807) is 35.6 Å². The summed E-state index contributed by atoms with van der Waals surface area (Å²) >= 11 is 1.18. The summed E-state index contributed by atoms with van der Waals surface area (Å²) in [5.74, 6) is 0.0381. The molecule has 1 atom stereocenters. The second-order valence-corrected chi connectivity index (χ2v) is 10.0. The monoisotopic (exact) mass is 484 g/mol. The Hall–Kier alpha value is -3.48. The van der Waals surface area contributed by atoms with E-state index in [1.807, 2.05) is 6.07 Å². The number of primary sulfonamides is 1. The van der Waals surface area contributed by atoms with Crippen LogP contribution in [0.2, 0.25) is 0 Å². The van der Waals surface area contributed by atoms with Crippen LogP contribution in [-0.4, -0.2) is 38.7 Å². The van der Waals surface area contributed by atoms with Crippen LogP contribution in [-0.2, 0) is 21.4 Å². The van der Waals surface area contributed by atoms with E-state index in [9.17, 15) is 18.0 Å². The molecule has 0 aliphatic rings. The molecular weight excluding hydrogens is 464 g/mol. The number of hydrogen-bond acceptors (Lipinski definition) is 7. The van der Waals surface area contributed by atoms with Crippen molar-refractivity contribution in [3.8, 4) is 0 Å². The minimum atomic E-state index is -3.81. The van der Waals surface area contributed by atoms with E-state index in [4.69, 9.17) is 5.14 Å². The van der Waals surface area contributed by atoms with Crippen LogP contribution in [0.25, 0.3) is 16.7 Å². The lowest BCUT2D eigenvalue weighted by Crippen LogP contribution is -2.24. The molecule has 12 heteroatoms. The normalized spacial score (nSPS) is 12.7. The predicted molar refractivity (Wildman–Crippen MR) is 127 cm³/mol. The number of aromatic nitrogens is 4. The van der Waals surface area contributed by atoms with Crippen molar-refractivity contribution in [3.63, 3.8) is 0 Å². The average molecular weight is 485 g/mol. The van der Waals surface area contributed by atoms with Gasteiger partial charge in [-0.15, -0.1) is 16.8 Å². The molecule has 4 rings (SSSR count). The number of nitrogens with two attached hydrogens (primary N) is 1. The summed E-state index contributed by atoms with van der Waals surface area (Å²) < 4.78 is 26.0. The number of carbonyl (C=O) groups excluding carboxylic acids is 1. The van der Waals surface area contributed by atoms with Gasteiger partial charge in [-0.05, 0) is 43.3 Å². The smallest absolute Gasteiger partial charge is 0.263 e. The second kappa shape index (κ2) is 8.81. The van der Waals surface area contributed by atoms with Gasteiger partial charge in [-0.3, -0.25) is 18.6 Å².